The molecule has 1 aromatic carbocycles. The zero-order chi connectivity index (χ0) is 12.6. The molecule has 0 bridgehead atoms. The Hall–Kier alpha value is -2.37. The molecule has 3 amide bonds. The van der Waals surface area contributed by atoms with E-state index in [0.29, 0.717) is 5.69 Å². The van der Waals surface area contributed by atoms with Gasteiger partial charge in [-0.1, -0.05) is 6.07 Å². The first-order valence-corrected chi connectivity index (χ1v) is 4.92. The summed E-state index contributed by atoms with van der Waals surface area (Å²) in [5, 5.41) is 8.84. The van der Waals surface area contributed by atoms with Crippen LogP contribution < -0.4 is 4.90 Å². The number of hydrogen-bond acceptors (Lipinski definition) is 3. The molecule has 6 heteroatoms. The van der Waals surface area contributed by atoms with Gasteiger partial charge in [-0.15, -0.1) is 0 Å². The number of carbonyl (C=O) groups excluding carboxylic acids is 2. The molecule has 17 heavy (non-hydrogen) atoms. The number of urea groups is 1. The van der Waals surface area contributed by atoms with E-state index in [1.165, 1.54) is 30.1 Å². The van der Waals surface area contributed by atoms with Crippen LogP contribution in [0.3, 0.4) is 0 Å². The van der Waals surface area contributed by atoms with Crippen molar-refractivity contribution in [2.45, 2.75) is 0 Å². The van der Waals surface area contributed by atoms with Crippen LogP contribution in [0, 0.1) is 0 Å². The maximum absolute atomic E-state index is 11.7. The first-order chi connectivity index (χ1) is 8.00. The Labute approximate surface area is 97.0 Å². The fourth-order valence-corrected chi connectivity index (χ4v) is 1.61. The fraction of sp³-hybridized carbons (Fsp3) is 0.182. The standard InChI is InChI=1S/C11H10N2O4/c1-12-9(14)6-13(11(12)17)8-4-2-3-7(5-8)10(15)16/h2-5H,6H2,1H3,(H,15,16). The van der Waals surface area contributed by atoms with Gasteiger partial charge in [-0.2, -0.15) is 0 Å². The summed E-state index contributed by atoms with van der Waals surface area (Å²) >= 11 is 0. The highest BCUT2D eigenvalue weighted by Crippen LogP contribution is 2.21. The average molecular weight is 234 g/mol. The summed E-state index contributed by atoms with van der Waals surface area (Å²) in [6, 6.07) is 5.48. The lowest BCUT2D eigenvalue weighted by Gasteiger charge is -2.14. The number of carboxylic acid groups (broad SMARTS) is 1. The summed E-state index contributed by atoms with van der Waals surface area (Å²) in [7, 11) is 1.39. The van der Waals surface area contributed by atoms with Crippen LogP contribution in [0.1, 0.15) is 10.4 Å². The van der Waals surface area contributed by atoms with Crippen molar-refractivity contribution in [1.29, 1.82) is 0 Å². The van der Waals surface area contributed by atoms with Crippen LogP contribution in [0.25, 0.3) is 0 Å². The highest BCUT2D eigenvalue weighted by molar-refractivity contribution is 6.12. The molecule has 0 atom stereocenters. The van der Waals surface area contributed by atoms with Gasteiger partial charge in [0.15, 0.2) is 0 Å². The van der Waals surface area contributed by atoms with E-state index in [1.807, 2.05) is 0 Å². The van der Waals surface area contributed by atoms with Gasteiger partial charge in [0.05, 0.1) is 5.56 Å². The number of aromatic carboxylic acids is 1. The third kappa shape index (κ3) is 1.84. The number of carboxylic acids is 1. The molecule has 1 fully saturated rings. The van der Waals surface area contributed by atoms with Crippen molar-refractivity contribution in [3.63, 3.8) is 0 Å². The number of carbonyl (C=O) groups is 3. The van der Waals surface area contributed by atoms with Gasteiger partial charge in [-0.3, -0.25) is 14.6 Å². The summed E-state index contributed by atoms with van der Waals surface area (Å²) < 4.78 is 0. The van der Waals surface area contributed by atoms with E-state index in [0.717, 1.165) is 4.90 Å². The number of nitrogens with zero attached hydrogens (tertiary/aromatic N) is 2. The minimum atomic E-state index is -1.07. The molecule has 2 rings (SSSR count). The molecular weight excluding hydrogens is 224 g/mol. The van der Waals surface area contributed by atoms with Crippen LogP contribution in [0.5, 0.6) is 0 Å². The number of hydrogen-bond donors (Lipinski definition) is 1. The third-order valence-corrected chi connectivity index (χ3v) is 2.59. The van der Waals surface area contributed by atoms with Crippen molar-refractivity contribution in [2.75, 3.05) is 18.5 Å². The van der Waals surface area contributed by atoms with Gasteiger partial charge >= 0.3 is 12.0 Å². The fourth-order valence-electron chi connectivity index (χ4n) is 1.61. The molecule has 88 valence electrons. The number of rotatable bonds is 2. The van der Waals surface area contributed by atoms with Gasteiger partial charge in [0.2, 0.25) is 5.91 Å². The van der Waals surface area contributed by atoms with Crippen LogP contribution in [-0.2, 0) is 4.79 Å². The van der Waals surface area contributed by atoms with Crippen molar-refractivity contribution >= 4 is 23.6 Å². The summed E-state index contributed by atoms with van der Waals surface area (Å²) in [4.78, 5) is 36.1. The zero-order valence-electron chi connectivity index (χ0n) is 9.08. The summed E-state index contributed by atoms with van der Waals surface area (Å²) in [5.41, 5.74) is 0.491. The van der Waals surface area contributed by atoms with Crippen LogP contribution in [0.4, 0.5) is 10.5 Å². The smallest absolute Gasteiger partial charge is 0.335 e. The van der Waals surface area contributed by atoms with Gasteiger partial charge in [-0.25, -0.2) is 9.59 Å². The third-order valence-electron chi connectivity index (χ3n) is 2.59. The van der Waals surface area contributed by atoms with E-state index < -0.39 is 12.0 Å². The van der Waals surface area contributed by atoms with E-state index in [2.05, 4.69) is 0 Å². The molecular formula is C11H10N2O4. The van der Waals surface area contributed by atoms with Gasteiger partial charge in [0.25, 0.3) is 0 Å². The summed E-state index contributed by atoms with van der Waals surface area (Å²) in [6.07, 6.45) is 0. The number of likely N-dealkylation sites (N-methyl/N-ethyl adjacent to an activating group) is 1. The summed E-state index contributed by atoms with van der Waals surface area (Å²) in [6.45, 7) is -0.0571. The number of amides is 3. The first-order valence-electron chi connectivity index (χ1n) is 4.92. The monoisotopic (exact) mass is 234 g/mol. The van der Waals surface area contributed by atoms with E-state index in [-0.39, 0.29) is 18.0 Å². The highest BCUT2D eigenvalue weighted by atomic mass is 16.4. The Morgan fingerprint density at radius 1 is 1.35 bits per heavy atom. The lowest BCUT2D eigenvalue weighted by molar-refractivity contribution is -0.123. The van der Waals surface area contributed by atoms with Crippen LogP contribution in [-0.4, -0.2) is 41.5 Å². The van der Waals surface area contributed by atoms with Crippen molar-refractivity contribution < 1.29 is 19.5 Å². The molecule has 1 N–H and O–H groups in total. The largest absolute Gasteiger partial charge is 0.478 e. The molecule has 0 unspecified atom stereocenters. The SMILES string of the molecule is CN1C(=O)CN(c2cccc(C(=O)O)c2)C1=O. The molecule has 1 aliphatic rings. The first kappa shape index (κ1) is 11.1. The van der Waals surface area contributed by atoms with Gasteiger partial charge in [0.1, 0.15) is 6.54 Å². The molecule has 1 heterocycles. The molecule has 0 radical (unpaired) electrons. The number of benzene rings is 1. The molecule has 6 nitrogen and oxygen atoms in total. The maximum atomic E-state index is 11.7. The van der Waals surface area contributed by atoms with Crippen molar-refractivity contribution in [1.82, 2.24) is 4.90 Å². The van der Waals surface area contributed by atoms with Crippen molar-refractivity contribution in [3.8, 4) is 0 Å². The number of imide groups is 1. The minimum Gasteiger partial charge on any atom is -0.478 e. The predicted molar refractivity (Wildman–Crippen MR) is 58.9 cm³/mol. The molecule has 0 aromatic heterocycles. The van der Waals surface area contributed by atoms with E-state index in [4.69, 9.17) is 5.11 Å². The Balaban J connectivity index is 2.35. The van der Waals surface area contributed by atoms with Crippen molar-refractivity contribution in [2.24, 2.45) is 0 Å². The van der Waals surface area contributed by atoms with Crippen molar-refractivity contribution in [3.05, 3.63) is 29.8 Å². The second-order valence-electron chi connectivity index (χ2n) is 3.68. The van der Waals surface area contributed by atoms with Gasteiger partial charge in [0, 0.05) is 12.7 Å². The molecule has 1 aliphatic heterocycles. The quantitative estimate of drug-likeness (QED) is 0.767. The van der Waals surface area contributed by atoms with E-state index in [9.17, 15) is 14.4 Å². The molecule has 0 saturated carbocycles. The predicted octanol–water partition coefficient (Wildman–Crippen LogP) is 0.783. The van der Waals surface area contributed by atoms with E-state index in [1.54, 1.807) is 6.07 Å². The summed E-state index contributed by atoms with van der Waals surface area (Å²) in [5.74, 6) is -1.38. The lowest BCUT2D eigenvalue weighted by atomic mass is 10.2. The average Bonchev–Trinajstić information content (AvgIpc) is 2.57. The molecule has 1 aromatic rings. The Morgan fingerprint density at radius 3 is 2.59 bits per heavy atom. The highest BCUT2D eigenvalue weighted by Gasteiger charge is 2.34. The lowest BCUT2D eigenvalue weighted by Crippen LogP contribution is -2.29. The Kier molecular flexibility index (Phi) is 2.55. The minimum absolute atomic E-state index is 0.0571. The van der Waals surface area contributed by atoms with Gasteiger partial charge < -0.3 is 5.11 Å². The Morgan fingerprint density at radius 2 is 2.06 bits per heavy atom. The molecule has 0 aliphatic carbocycles. The van der Waals surface area contributed by atoms with E-state index >= 15 is 0 Å². The van der Waals surface area contributed by atoms with Crippen LogP contribution in [0.15, 0.2) is 24.3 Å². The topological polar surface area (TPSA) is 77.9 Å². The molecule has 1 saturated heterocycles. The van der Waals surface area contributed by atoms with Crippen LogP contribution in [0.2, 0.25) is 0 Å². The second kappa shape index (κ2) is 3.89. The van der Waals surface area contributed by atoms with Crippen LogP contribution >= 0.6 is 0 Å². The molecule has 0 spiro atoms. The zero-order valence-corrected chi connectivity index (χ0v) is 9.08. The number of anilines is 1. The second-order valence-corrected chi connectivity index (χ2v) is 3.68. The van der Waals surface area contributed by atoms with Gasteiger partial charge in [-0.05, 0) is 18.2 Å². The Bertz CT molecular complexity index is 512. The normalized spacial score (nSPS) is 15.6. The maximum Gasteiger partial charge on any atom is 0.335 e.